The molecule has 16 nitrogen and oxygen atoms in total. The van der Waals surface area contributed by atoms with Gasteiger partial charge in [-0.2, -0.15) is 9.29 Å². The largest absolute Gasteiger partial charge is 0.481 e. The average molecular weight is 477 g/mol. The van der Waals surface area contributed by atoms with Crippen molar-refractivity contribution in [2.75, 3.05) is 25.6 Å². The molecule has 0 saturated carbocycles. The second-order valence-corrected chi connectivity index (χ2v) is 9.08. The first-order valence-corrected chi connectivity index (χ1v) is 11.2. The van der Waals surface area contributed by atoms with Crippen LogP contribution in [0.5, 0.6) is 0 Å². The number of hydrogen-bond donors (Lipinski definition) is 7. The topological polar surface area (TPSA) is 253 Å². The predicted octanol–water partition coefficient (Wildman–Crippen LogP) is -2.95. The van der Waals surface area contributed by atoms with Crippen LogP contribution in [0.25, 0.3) is 0 Å². The number of aliphatic hydroxyl groups excluding tert-OH is 4. The fraction of sp³-hybridized carbons (Fsp3) is 0.667. The molecule has 0 radical (unpaired) electrons. The van der Waals surface area contributed by atoms with Gasteiger partial charge in [0.25, 0.3) is 0 Å². The van der Waals surface area contributed by atoms with Gasteiger partial charge in [0.05, 0.1) is 19.8 Å². The van der Waals surface area contributed by atoms with Crippen molar-refractivity contribution in [2.45, 2.75) is 30.6 Å². The first-order valence-electron chi connectivity index (χ1n) is 8.16. The van der Waals surface area contributed by atoms with Crippen molar-refractivity contribution in [3.63, 3.8) is 0 Å². The Morgan fingerprint density at radius 1 is 1.23 bits per heavy atom. The zero-order chi connectivity index (χ0) is 22.7. The van der Waals surface area contributed by atoms with E-state index in [0.717, 1.165) is 10.8 Å². The summed E-state index contributed by atoms with van der Waals surface area (Å²) < 4.78 is 42.2. The SMILES string of the molecule is Nc1ccn([C@@H]2O[C@H](COP(=O)(O)OP(=O)(O)OCC(O)CO)[C@@H](O)[C@H]2O)c(=O)n1. The van der Waals surface area contributed by atoms with Crippen LogP contribution in [0.1, 0.15) is 6.23 Å². The van der Waals surface area contributed by atoms with Crippen LogP contribution in [0.3, 0.4) is 0 Å². The van der Waals surface area contributed by atoms with Crippen LogP contribution in [-0.2, 0) is 27.2 Å². The molecule has 0 bridgehead atoms. The van der Waals surface area contributed by atoms with Crippen LogP contribution in [-0.4, -0.2) is 84.0 Å². The Morgan fingerprint density at radius 3 is 2.47 bits per heavy atom. The first kappa shape index (κ1) is 25.0. The lowest BCUT2D eigenvalue weighted by molar-refractivity contribution is -0.0543. The minimum atomic E-state index is -5.24. The Kier molecular flexibility index (Phi) is 8.26. The number of anilines is 1. The number of aliphatic hydroxyl groups is 4. The van der Waals surface area contributed by atoms with Crippen molar-refractivity contribution in [1.29, 1.82) is 0 Å². The number of nitrogens with two attached hydrogens (primary N) is 1. The Balaban J connectivity index is 1.98. The van der Waals surface area contributed by atoms with Gasteiger partial charge in [-0.15, -0.1) is 0 Å². The molecule has 30 heavy (non-hydrogen) atoms. The number of hydrogen-bond acceptors (Lipinski definition) is 13. The molecule has 18 heteroatoms. The van der Waals surface area contributed by atoms with E-state index in [9.17, 15) is 33.9 Å². The van der Waals surface area contributed by atoms with Gasteiger partial charge < -0.3 is 40.7 Å². The molecular formula is C12H21N3O13P2. The lowest BCUT2D eigenvalue weighted by atomic mass is 10.1. The summed E-state index contributed by atoms with van der Waals surface area (Å²) in [5.74, 6) is -0.0929. The number of rotatable bonds is 10. The molecule has 0 amide bonds. The van der Waals surface area contributed by atoms with E-state index in [1.54, 1.807) is 0 Å². The maximum absolute atomic E-state index is 11.8. The first-order chi connectivity index (χ1) is 13.8. The molecule has 0 aliphatic carbocycles. The summed E-state index contributed by atoms with van der Waals surface area (Å²) in [6.45, 7) is -2.59. The van der Waals surface area contributed by atoms with E-state index < -0.39 is 71.8 Å². The molecular weight excluding hydrogens is 456 g/mol. The molecule has 172 valence electrons. The molecule has 8 N–H and O–H groups in total. The zero-order valence-corrected chi connectivity index (χ0v) is 16.9. The fourth-order valence-corrected chi connectivity index (χ4v) is 4.41. The van der Waals surface area contributed by atoms with Gasteiger partial charge in [-0.1, -0.05) is 0 Å². The van der Waals surface area contributed by atoms with Gasteiger partial charge in [-0.3, -0.25) is 13.6 Å². The van der Waals surface area contributed by atoms with Crippen LogP contribution in [0.4, 0.5) is 5.82 Å². The Morgan fingerprint density at radius 2 is 1.87 bits per heavy atom. The number of nitrogens with zero attached hydrogens (tertiary/aromatic N) is 2. The summed E-state index contributed by atoms with van der Waals surface area (Å²) in [6.07, 6.45) is -6.62. The standard InChI is InChI=1S/C12H21N3O13P2/c13-8-1-2-15(12(20)14-8)11-10(19)9(18)7(27-11)5-26-30(23,24)28-29(21,22)25-4-6(17)3-16/h1-2,6-7,9-11,16-19H,3-5H2,(H,21,22)(H,23,24)(H2,13,14,20)/t6?,7-,9-,10-,11-/m1/s1. The van der Waals surface area contributed by atoms with Crippen molar-refractivity contribution in [3.8, 4) is 0 Å². The van der Waals surface area contributed by atoms with E-state index in [-0.39, 0.29) is 5.82 Å². The number of nitrogen functional groups attached to an aromatic ring is 1. The number of ether oxygens (including phenoxy) is 1. The lowest BCUT2D eigenvalue weighted by Crippen LogP contribution is -2.36. The quantitative estimate of drug-likeness (QED) is 0.166. The van der Waals surface area contributed by atoms with Crippen molar-refractivity contribution in [3.05, 3.63) is 22.7 Å². The molecule has 1 saturated heterocycles. The Bertz CT molecular complexity index is 881. The Hall–Kier alpha value is -1.26. The molecule has 1 fully saturated rings. The van der Waals surface area contributed by atoms with Gasteiger partial charge in [0.1, 0.15) is 30.2 Å². The van der Waals surface area contributed by atoms with E-state index in [0.29, 0.717) is 0 Å². The van der Waals surface area contributed by atoms with E-state index >= 15 is 0 Å². The zero-order valence-electron chi connectivity index (χ0n) is 15.1. The highest BCUT2D eigenvalue weighted by Crippen LogP contribution is 2.60. The highest BCUT2D eigenvalue weighted by atomic mass is 31.3. The Labute approximate surface area is 168 Å². The van der Waals surface area contributed by atoms with Gasteiger partial charge in [-0.05, 0) is 6.07 Å². The van der Waals surface area contributed by atoms with Gasteiger partial charge in [0, 0.05) is 6.20 Å². The summed E-state index contributed by atoms with van der Waals surface area (Å²) in [7, 11) is -10.4. The van der Waals surface area contributed by atoms with Gasteiger partial charge in [0.15, 0.2) is 6.23 Å². The number of aromatic nitrogens is 2. The van der Waals surface area contributed by atoms with Crippen molar-refractivity contribution < 1.29 is 57.4 Å². The smallest absolute Gasteiger partial charge is 0.394 e. The minimum absolute atomic E-state index is 0.0929. The molecule has 7 atom stereocenters. The number of phosphoric acid groups is 2. The van der Waals surface area contributed by atoms with Crippen LogP contribution in [0.2, 0.25) is 0 Å². The molecule has 1 aliphatic heterocycles. The summed E-state index contributed by atoms with van der Waals surface area (Å²) in [5.41, 5.74) is 4.46. The van der Waals surface area contributed by atoms with E-state index in [4.69, 9.17) is 20.7 Å². The van der Waals surface area contributed by atoms with Gasteiger partial charge in [0.2, 0.25) is 0 Å². The fourth-order valence-electron chi connectivity index (χ4n) is 2.29. The minimum Gasteiger partial charge on any atom is -0.394 e. The maximum Gasteiger partial charge on any atom is 0.481 e. The second kappa shape index (κ2) is 9.91. The molecule has 1 aromatic rings. The third kappa shape index (κ3) is 6.62. The molecule has 2 heterocycles. The molecule has 2 rings (SSSR count). The van der Waals surface area contributed by atoms with E-state index in [1.165, 1.54) is 6.07 Å². The molecule has 0 spiro atoms. The molecule has 0 aromatic carbocycles. The third-order valence-electron chi connectivity index (χ3n) is 3.71. The maximum atomic E-state index is 11.8. The number of phosphoric ester groups is 2. The highest BCUT2D eigenvalue weighted by Gasteiger charge is 2.46. The van der Waals surface area contributed by atoms with Gasteiger partial charge >= 0.3 is 21.3 Å². The predicted molar refractivity (Wildman–Crippen MR) is 94.6 cm³/mol. The van der Waals surface area contributed by atoms with Crippen LogP contribution in [0.15, 0.2) is 17.1 Å². The van der Waals surface area contributed by atoms with Crippen LogP contribution < -0.4 is 11.4 Å². The molecule has 1 aliphatic rings. The summed E-state index contributed by atoms with van der Waals surface area (Å²) in [5, 5.41) is 37.7. The van der Waals surface area contributed by atoms with E-state index in [1.807, 2.05) is 0 Å². The molecule has 3 unspecified atom stereocenters. The van der Waals surface area contributed by atoms with Gasteiger partial charge in [-0.25, -0.2) is 13.9 Å². The lowest BCUT2D eigenvalue weighted by Gasteiger charge is -2.19. The van der Waals surface area contributed by atoms with E-state index in [2.05, 4.69) is 18.3 Å². The summed E-state index contributed by atoms with van der Waals surface area (Å²) in [4.78, 5) is 34.2. The van der Waals surface area contributed by atoms with Crippen LogP contribution in [0, 0.1) is 0 Å². The highest BCUT2D eigenvalue weighted by molar-refractivity contribution is 7.61. The average Bonchev–Trinajstić information content (AvgIpc) is 2.92. The normalized spacial score (nSPS) is 29.3. The summed E-state index contributed by atoms with van der Waals surface area (Å²) in [6, 6.07) is 1.23. The van der Waals surface area contributed by atoms with Crippen LogP contribution >= 0.6 is 15.6 Å². The molecule has 1 aromatic heterocycles. The van der Waals surface area contributed by atoms with Crippen molar-refractivity contribution >= 4 is 21.5 Å². The summed E-state index contributed by atoms with van der Waals surface area (Å²) >= 11 is 0. The monoisotopic (exact) mass is 477 g/mol. The third-order valence-corrected chi connectivity index (χ3v) is 6.31. The van der Waals surface area contributed by atoms with Crippen molar-refractivity contribution in [1.82, 2.24) is 9.55 Å². The second-order valence-electron chi connectivity index (χ2n) is 6.04. The van der Waals surface area contributed by atoms with Crippen molar-refractivity contribution in [2.24, 2.45) is 0 Å².